The van der Waals surface area contributed by atoms with Crippen LogP contribution in [-0.4, -0.2) is 19.5 Å². The van der Waals surface area contributed by atoms with Gasteiger partial charge in [0.25, 0.3) is 0 Å². The van der Waals surface area contributed by atoms with Crippen molar-refractivity contribution in [2.24, 2.45) is 0 Å². The number of fused-ring (bicyclic) bond motifs is 4. The summed E-state index contributed by atoms with van der Waals surface area (Å²) < 4.78 is 2.32. The number of hydrogen-bond donors (Lipinski definition) is 0. The average molecular weight is 541 g/mol. The molecule has 0 radical (unpaired) electrons. The molecule has 0 amide bonds. The molecule has 1 aliphatic rings. The Morgan fingerprint density at radius 2 is 1.05 bits per heavy atom. The average Bonchev–Trinajstić information content (AvgIpc) is 3.59. The molecule has 4 nitrogen and oxygen atoms in total. The SMILES string of the molecule is CC1(C)c2cc3ccccc3cc2-c2c1ccn2-c1cccc(-c2nc(-c3ccccc3)nc(-c3ccccc3)n2)c1. The third-order valence-corrected chi connectivity index (χ3v) is 8.46. The Hall–Kier alpha value is -5.35. The van der Waals surface area contributed by atoms with Crippen molar-refractivity contribution >= 4 is 10.8 Å². The molecular weight excluding hydrogens is 512 g/mol. The van der Waals surface area contributed by atoms with Crippen LogP contribution in [0.15, 0.2) is 134 Å². The van der Waals surface area contributed by atoms with Crippen LogP contribution < -0.4 is 0 Å². The molecule has 0 saturated heterocycles. The van der Waals surface area contributed by atoms with Crippen LogP contribution in [-0.2, 0) is 5.41 Å². The Balaban J connectivity index is 1.28. The largest absolute Gasteiger partial charge is 0.316 e. The quantitative estimate of drug-likeness (QED) is 0.224. The highest BCUT2D eigenvalue weighted by molar-refractivity contribution is 5.93. The lowest BCUT2D eigenvalue weighted by Crippen LogP contribution is -2.14. The molecule has 0 unspecified atom stereocenters. The molecule has 0 spiro atoms. The normalized spacial score (nSPS) is 13.2. The Morgan fingerprint density at radius 1 is 0.500 bits per heavy atom. The van der Waals surface area contributed by atoms with Crippen LogP contribution in [0.4, 0.5) is 0 Å². The van der Waals surface area contributed by atoms with Crippen molar-refractivity contribution < 1.29 is 0 Å². The maximum Gasteiger partial charge on any atom is 0.164 e. The predicted octanol–water partition coefficient (Wildman–Crippen LogP) is 9.12. The third kappa shape index (κ3) is 3.87. The van der Waals surface area contributed by atoms with E-state index in [1.165, 1.54) is 33.2 Å². The van der Waals surface area contributed by atoms with Gasteiger partial charge in [-0.1, -0.05) is 111 Å². The van der Waals surface area contributed by atoms with Gasteiger partial charge in [-0.25, -0.2) is 15.0 Å². The summed E-state index contributed by atoms with van der Waals surface area (Å²) in [7, 11) is 0. The zero-order chi connectivity index (χ0) is 28.3. The predicted molar refractivity (Wildman–Crippen MR) is 171 cm³/mol. The van der Waals surface area contributed by atoms with E-state index in [0.29, 0.717) is 17.5 Å². The molecule has 0 fully saturated rings. The fraction of sp³-hybridized carbons (Fsp3) is 0.0789. The highest BCUT2D eigenvalue weighted by Crippen LogP contribution is 2.51. The first kappa shape index (κ1) is 24.4. The molecule has 0 aliphatic heterocycles. The Kier molecular flexibility index (Phi) is 5.44. The van der Waals surface area contributed by atoms with Crippen LogP contribution in [0, 0.1) is 0 Å². The molecule has 0 bridgehead atoms. The second-order valence-corrected chi connectivity index (χ2v) is 11.4. The Labute approximate surface area is 245 Å². The van der Waals surface area contributed by atoms with Gasteiger partial charge in [-0.3, -0.25) is 0 Å². The van der Waals surface area contributed by atoms with E-state index in [2.05, 4.69) is 91.3 Å². The van der Waals surface area contributed by atoms with Crippen LogP contribution >= 0.6 is 0 Å². The minimum Gasteiger partial charge on any atom is -0.316 e. The number of nitrogens with zero attached hydrogens (tertiary/aromatic N) is 4. The van der Waals surface area contributed by atoms with Gasteiger partial charge in [-0.05, 0) is 52.2 Å². The molecule has 2 aromatic heterocycles. The van der Waals surface area contributed by atoms with E-state index in [1.807, 2.05) is 60.7 Å². The lowest BCUT2D eigenvalue weighted by atomic mass is 9.82. The zero-order valence-electron chi connectivity index (χ0n) is 23.5. The van der Waals surface area contributed by atoms with Gasteiger partial charge in [-0.15, -0.1) is 0 Å². The fourth-order valence-electron chi connectivity index (χ4n) is 6.26. The van der Waals surface area contributed by atoms with Crippen molar-refractivity contribution in [3.63, 3.8) is 0 Å². The van der Waals surface area contributed by atoms with Crippen LogP contribution in [0.1, 0.15) is 25.0 Å². The number of benzene rings is 5. The number of rotatable bonds is 4. The third-order valence-electron chi connectivity index (χ3n) is 8.46. The maximum atomic E-state index is 4.96. The standard InChI is InChI=1S/C38H28N4/c1-38(2)32-20-21-42(34(32)31-23-27-16-9-10-17-28(27)24-33(31)38)30-19-11-18-29(22-30)37-40-35(25-12-5-3-6-13-25)39-36(41-37)26-14-7-4-8-15-26/h3-24H,1-2H3. The van der Waals surface area contributed by atoms with Gasteiger partial charge in [0.05, 0.1) is 5.69 Å². The molecule has 1 aliphatic carbocycles. The molecule has 0 atom stereocenters. The second-order valence-electron chi connectivity index (χ2n) is 11.4. The summed E-state index contributed by atoms with van der Waals surface area (Å²) in [5, 5.41) is 2.54. The van der Waals surface area contributed by atoms with Crippen LogP contribution in [0.5, 0.6) is 0 Å². The Bertz CT molecular complexity index is 2050. The van der Waals surface area contributed by atoms with Gasteiger partial charge in [-0.2, -0.15) is 0 Å². The van der Waals surface area contributed by atoms with Gasteiger partial charge >= 0.3 is 0 Å². The summed E-state index contributed by atoms with van der Waals surface area (Å²) in [6.45, 7) is 4.66. The molecule has 4 heteroatoms. The smallest absolute Gasteiger partial charge is 0.164 e. The second kappa shape index (κ2) is 9.35. The van der Waals surface area contributed by atoms with E-state index < -0.39 is 0 Å². The van der Waals surface area contributed by atoms with E-state index in [9.17, 15) is 0 Å². The minimum absolute atomic E-state index is 0.0824. The van der Waals surface area contributed by atoms with Crippen molar-refractivity contribution in [2.75, 3.05) is 0 Å². The van der Waals surface area contributed by atoms with Crippen molar-refractivity contribution in [3.8, 4) is 51.1 Å². The molecular formula is C38H28N4. The molecule has 7 aromatic rings. The van der Waals surface area contributed by atoms with Crippen LogP contribution in [0.2, 0.25) is 0 Å². The minimum atomic E-state index is -0.0824. The topological polar surface area (TPSA) is 43.6 Å². The maximum absolute atomic E-state index is 4.96. The monoisotopic (exact) mass is 540 g/mol. The van der Waals surface area contributed by atoms with Crippen molar-refractivity contribution in [3.05, 3.63) is 145 Å². The highest BCUT2D eigenvalue weighted by Gasteiger charge is 2.38. The van der Waals surface area contributed by atoms with E-state index in [1.54, 1.807) is 0 Å². The molecule has 200 valence electrons. The van der Waals surface area contributed by atoms with E-state index in [0.717, 1.165) is 22.4 Å². The van der Waals surface area contributed by atoms with Gasteiger partial charge in [0.2, 0.25) is 0 Å². The molecule has 2 heterocycles. The highest BCUT2D eigenvalue weighted by atomic mass is 15.0. The van der Waals surface area contributed by atoms with E-state index >= 15 is 0 Å². The van der Waals surface area contributed by atoms with E-state index in [4.69, 9.17) is 15.0 Å². The van der Waals surface area contributed by atoms with Crippen molar-refractivity contribution in [1.29, 1.82) is 0 Å². The summed E-state index contributed by atoms with van der Waals surface area (Å²) in [5.41, 5.74) is 9.13. The lowest BCUT2D eigenvalue weighted by Gasteiger charge is -2.20. The first-order chi connectivity index (χ1) is 20.6. The summed E-state index contributed by atoms with van der Waals surface area (Å²) in [6, 6.07) is 44.3. The number of hydrogen-bond acceptors (Lipinski definition) is 3. The summed E-state index contributed by atoms with van der Waals surface area (Å²) in [4.78, 5) is 14.8. The fourth-order valence-corrected chi connectivity index (χ4v) is 6.26. The molecule has 42 heavy (non-hydrogen) atoms. The summed E-state index contributed by atoms with van der Waals surface area (Å²) in [6.07, 6.45) is 2.20. The molecule has 0 N–H and O–H groups in total. The zero-order valence-corrected chi connectivity index (χ0v) is 23.5. The van der Waals surface area contributed by atoms with Crippen LogP contribution in [0.3, 0.4) is 0 Å². The van der Waals surface area contributed by atoms with E-state index in [-0.39, 0.29) is 5.41 Å². The van der Waals surface area contributed by atoms with Gasteiger partial charge in [0.15, 0.2) is 17.5 Å². The van der Waals surface area contributed by atoms with Crippen molar-refractivity contribution in [1.82, 2.24) is 19.5 Å². The van der Waals surface area contributed by atoms with Gasteiger partial charge in [0, 0.05) is 39.6 Å². The van der Waals surface area contributed by atoms with Crippen molar-refractivity contribution in [2.45, 2.75) is 19.3 Å². The van der Waals surface area contributed by atoms with Gasteiger partial charge < -0.3 is 4.57 Å². The van der Waals surface area contributed by atoms with Crippen LogP contribution in [0.25, 0.3) is 61.9 Å². The summed E-state index contributed by atoms with van der Waals surface area (Å²) in [5.74, 6) is 1.98. The number of aromatic nitrogens is 4. The first-order valence-electron chi connectivity index (χ1n) is 14.3. The Morgan fingerprint density at radius 3 is 1.69 bits per heavy atom. The molecule has 5 aromatic carbocycles. The lowest BCUT2D eigenvalue weighted by molar-refractivity contribution is 0.662. The molecule has 0 saturated carbocycles. The first-order valence-corrected chi connectivity index (χ1v) is 14.3. The molecule has 8 rings (SSSR count). The van der Waals surface area contributed by atoms with Gasteiger partial charge in [0.1, 0.15) is 0 Å². The summed E-state index contributed by atoms with van der Waals surface area (Å²) >= 11 is 0.